The molecule has 1 aliphatic rings. The Labute approximate surface area is 116 Å². The highest BCUT2D eigenvalue weighted by atomic mass is 32.2. The predicted molar refractivity (Wildman–Crippen MR) is 80.3 cm³/mol. The van der Waals surface area contributed by atoms with E-state index in [-0.39, 0.29) is 0 Å². The van der Waals surface area contributed by atoms with E-state index >= 15 is 0 Å². The van der Waals surface area contributed by atoms with Gasteiger partial charge in [-0.15, -0.1) is 0 Å². The Hall–Kier alpha value is -1.01. The van der Waals surface area contributed by atoms with E-state index in [2.05, 4.69) is 38.6 Å². The normalized spacial score (nSPS) is 19.6. The van der Waals surface area contributed by atoms with Gasteiger partial charge in [-0.25, -0.2) is 5.01 Å². The van der Waals surface area contributed by atoms with Gasteiger partial charge in [-0.3, -0.25) is 9.71 Å². The molecule has 1 atom stereocenters. The highest BCUT2D eigenvalue weighted by Gasteiger charge is 2.20. The van der Waals surface area contributed by atoms with Gasteiger partial charge in [-0.05, 0) is 36.7 Å². The van der Waals surface area contributed by atoms with Crippen LogP contribution in [0.15, 0.2) is 31.8 Å². The van der Waals surface area contributed by atoms with Gasteiger partial charge in [0.25, 0.3) is 0 Å². The van der Waals surface area contributed by atoms with Crippen molar-refractivity contribution in [2.75, 3.05) is 13.1 Å². The number of hydrogen-bond donors (Lipinski definition) is 1. The summed E-state index contributed by atoms with van der Waals surface area (Å²) < 4.78 is 3.30. The van der Waals surface area contributed by atoms with Crippen molar-refractivity contribution in [1.29, 1.82) is 0 Å². The van der Waals surface area contributed by atoms with Gasteiger partial charge >= 0.3 is 0 Å². The Morgan fingerprint density at radius 3 is 3.17 bits per heavy atom. The zero-order valence-corrected chi connectivity index (χ0v) is 12.3. The lowest BCUT2D eigenvalue weighted by Gasteiger charge is -2.18. The van der Waals surface area contributed by atoms with Crippen LogP contribution in [-0.4, -0.2) is 30.3 Å². The van der Waals surface area contributed by atoms with Crippen LogP contribution in [0.4, 0.5) is 0 Å². The first-order chi connectivity index (χ1) is 8.83. The van der Waals surface area contributed by atoms with Gasteiger partial charge in [0.05, 0.1) is 6.54 Å². The number of rotatable bonds is 4. The van der Waals surface area contributed by atoms with E-state index in [0.29, 0.717) is 5.92 Å². The third kappa shape index (κ3) is 3.49. The van der Waals surface area contributed by atoms with Crippen molar-refractivity contribution in [3.8, 4) is 0 Å². The fraction of sp³-hybridized carbons (Fsp3) is 0.500. The first-order valence-corrected chi connectivity index (χ1v) is 7.90. The molecular weight excluding hydrogens is 264 g/mol. The number of nitrogens with zero attached hydrogens (tertiary/aromatic N) is 3. The molecule has 0 fully saturated rings. The predicted octanol–water partition coefficient (Wildman–Crippen LogP) is 3.05. The SMILES string of the molecule is CCN=C(NSc1ccsc1)N1CC(CC)C=N1. The Bertz CT molecular complexity index is 414. The molecule has 0 amide bonds. The van der Waals surface area contributed by atoms with Crippen LogP contribution >= 0.6 is 23.3 Å². The summed E-state index contributed by atoms with van der Waals surface area (Å²) in [6.45, 7) is 5.90. The van der Waals surface area contributed by atoms with Crippen molar-refractivity contribution < 1.29 is 0 Å². The van der Waals surface area contributed by atoms with Crippen molar-refractivity contribution in [2.45, 2.75) is 25.2 Å². The second-order valence-corrected chi connectivity index (χ2v) is 5.64. The molecule has 1 aliphatic heterocycles. The van der Waals surface area contributed by atoms with E-state index in [1.54, 1.807) is 23.3 Å². The van der Waals surface area contributed by atoms with Crippen molar-refractivity contribution in [2.24, 2.45) is 16.0 Å². The fourth-order valence-corrected chi connectivity index (χ4v) is 3.07. The Morgan fingerprint density at radius 1 is 1.67 bits per heavy atom. The minimum Gasteiger partial charge on any atom is -0.295 e. The quantitative estimate of drug-likeness (QED) is 0.524. The third-order valence-corrected chi connectivity index (χ3v) is 4.26. The van der Waals surface area contributed by atoms with Crippen LogP contribution in [0.5, 0.6) is 0 Å². The number of nitrogens with one attached hydrogen (secondary N) is 1. The molecule has 1 N–H and O–H groups in total. The summed E-state index contributed by atoms with van der Waals surface area (Å²) in [6, 6.07) is 2.09. The molecule has 4 nitrogen and oxygen atoms in total. The first kappa shape index (κ1) is 13.4. The van der Waals surface area contributed by atoms with Crippen molar-refractivity contribution in [3.63, 3.8) is 0 Å². The third-order valence-electron chi connectivity index (χ3n) is 2.66. The van der Waals surface area contributed by atoms with E-state index in [4.69, 9.17) is 0 Å². The number of guanidine groups is 1. The molecule has 98 valence electrons. The molecule has 18 heavy (non-hydrogen) atoms. The maximum atomic E-state index is 4.47. The molecule has 2 heterocycles. The highest BCUT2D eigenvalue weighted by molar-refractivity contribution is 7.98. The molecule has 0 aliphatic carbocycles. The Morgan fingerprint density at radius 2 is 2.56 bits per heavy atom. The maximum Gasteiger partial charge on any atom is 0.225 e. The first-order valence-electron chi connectivity index (χ1n) is 6.14. The standard InChI is InChI=1S/C12H18N4S2/c1-3-10-7-14-16(8-10)12(13-4-2)15-18-11-5-6-17-9-11/h5-7,9-10H,3-4,8H2,1-2H3,(H,13,15). The summed E-state index contributed by atoms with van der Waals surface area (Å²) in [6.07, 6.45) is 3.14. The average molecular weight is 282 g/mol. The van der Waals surface area contributed by atoms with Crippen LogP contribution in [0.3, 0.4) is 0 Å². The highest BCUT2D eigenvalue weighted by Crippen LogP contribution is 2.19. The van der Waals surface area contributed by atoms with E-state index in [1.165, 1.54) is 4.90 Å². The Kier molecular flexibility index (Phi) is 5.07. The van der Waals surface area contributed by atoms with Gasteiger partial charge in [0.15, 0.2) is 0 Å². The molecule has 0 bridgehead atoms. The number of hydrazone groups is 1. The molecule has 0 saturated heterocycles. The van der Waals surface area contributed by atoms with Gasteiger partial charge < -0.3 is 0 Å². The second-order valence-electron chi connectivity index (χ2n) is 3.98. The van der Waals surface area contributed by atoms with Crippen molar-refractivity contribution >= 4 is 35.5 Å². The summed E-state index contributed by atoms with van der Waals surface area (Å²) in [5, 5.41) is 10.6. The topological polar surface area (TPSA) is 40.0 Å². The summed E-state index contributed by atoms with van der Waals surface area (Å²) in [4.78, 5) is 5.68. The number of thiophene rings is 1. The van der Waals surface area contributed by atoms with Crippen LogP contribution < -0.4 is 4.72 Å². The van der Waals surface area contributed by atoms with Gasteiger partial charge in [-0.1, -0.05) is 6.92 Å². The lowest BCUT2D eigenvalue weighted by atomic mass is 10.1. The molecule has 0 aromatic carbocycles. The van der Waals surface area contributed by atoms with Crippen LogP contribution in [-0.2, 0) is 0 Å². The van der Waals surface area contributed by atoms with Crippen LogP contribution in [0.1, 0.15) is 20.3 Å². The minimum absolute atomic E-state index is 0.542. The van der Waals surface area contributed by atoms with Gasteiger partial charge in [0.2, 0.25) is 5.96 Å². The molecule has 6 heteroatoms. The maximum absolute atomic E-state index is 4.47. The van der Waals surface area contributed by atoms with Crippen LogP contribution in [0.2, 0.25) is 0 Å². The molecule has 1 aromatic rings. The molecule has 0 spiro atoms. The molecule has 0 saturated carbocycles. The summed E-state index contributed by atoms with van der Waals surface area (Å²) >= 11 is 3.28. The second kappa shape index (κ2) is 6.80. The zero-order valence-electron chi connectivity index (χ0n) is 10.7. The van der Waals surface area contributed by atoms with Gasteiger partial charge in [0.1, 0.15) is 0 Å². The van der Waals surface area contributed by atoms with Crippen molar-refractivity contribution in [3.05, 3.63) is 16.8 Å². The summed E-state index contributed by atoms with van der Waals surface area (Å²) in [7, 11) is 0. The molecular formula is C12H18N4S2. The number of hydrogen-bond acceptors (Lipinski definition) is 4. The summed E-state index contributed by atoms with van der Waals surface area (Å²) in [5.74, 6) is 1.39. The zero-order chi connectivity index (χ0) is 12.8. The van der Waals surface area contributed by atoms with E-state index in [0.717, 1.165) is 25.5 Å². The number of aliphatic imine (C=N–C) groups is 1. The Balaban J connectivity index is 1.93. The monoisotopic (exact) mass is 282 g/mol. The fourth-order valence-electron chi connectivity index (χ4n) is 1.60. The molecule has 2 rings (SSSR count). The van der Waals surface area contributed by atoms with Gasteiger partial charge in [-0.2, -0.15) is 16.4 Å². The van der Waals surface area contributed by atoms with Crippen molar-refractivity contribution in [1.82, 2.24) is 9.73 Å². The lowest BCUT2D eigenvalue weighted by Crippen LogP contribution is -2.34. The van der Waals surface area contributed by atoms with E-state index in [1.807, 2.05) is 18.1 Å². The summed E-state index contributed by atoms with van der Waals surface area (Å²) in [5.41, 5.74) is 0. The van der Waals surface area contributed by atoms with E-state index in [9.17, 15) is 0 Å². The smallest absolute Gasteiger partial charge is 0.225 e. The lowest BCUT2D eigenvalue weighted by molar-refractivity contribution is 0.431. The van der Waals surface area contributed by atoms with Crippen LogP contribution in [0, 0.1) is 5.92 Å². The molecule has 0 radical (unpaired) electrons. The van der Waals surface area contributed by atoms with E-state index < -0.39 is 0 Å². The van der Waals surface area contributed by atoms with Gasteiger partial charge in [0, 0.05) is 29.0 Å². The molecule has 1 aromatic heterocycles. The molecule has 1 unspecified atom stereocenters. The average Bonchev–Trinajstić information content (AvgIpc) is 3.05. The van der Waals surface area contributed by atoms with Crippen LogP contribution in [0.25, 0.3) is 0 Å². The minimum atomic E-state index is 0.542. The largest absolute Gasteiger partial charge is 0.295 e.